The molecule has 0 aliphatic heterocycles. The Labute approximate surface area is 132 Å². The zero-order chi connectivity index (χ0) is 14.8. The Bertz CT molecular complexity index is 754. The zero-order valence-electron chi connectivity index (χ0n) is 11.8. The summed E-state index contributed by atoms with van der Waals surface area (Å²) in [5.74, 6) is 0.653. The molecule has 3 aromatic rings. The van der Waals surface area contributed by atoms with E-state index in [0.717, 1.165) is 22.2 Å². The number of hydrogen-bond donors (Lipinski definition) is 0. The summed E-state index contributed by atoms with van der Waals surface area (Å²) in [6.45, 7) is 4.26. The SMILES string of the molecule is CCc1cc(SC(C)c2ccc(Cl)cc2)n2ncnc2n1. The van der Waals surface area contributed by atoms with Crippen LogP contribution in [0.15, 0.2) is 41.7 Å². The molecule has 0 saturated carbocycles. The third-order valence-electron chi connectivity index (χ3n) is 3.27. The Morgan fingerprint density at radius 3 is 2.76 bits per heavy atom. The lowest BCUT2D eigenvalue weighted by atomic mass is 10.2. The molecule has 0 radical (unpaired) electrons. The van der Waals surface area contributed by atoms with Gasteiger partial charge in [0.1, 0.15) is 11.4 Å². The lowest BCUT2D eigenvalue weighted by Gasteiger charge is -2.13. The van der Waals surface area contributed by atoms with Crippen LogP contribution in [0.25, 0.3) is 5.78 Å². The van der Waals surface area contributed by atoms with E-state index in [2.05, 4.69) is 47.1 Å². The quantitative estimate of drug-likeness (QED) is 0.534. The molecule has 2 aromatic heterocycles. The molecule has 0 saturated heterocycles. The second kappa shape index (κ2) is 6.03. The van der Waals surface area contributed by atoms with Gasteiger partial charge in [0.15, 0.2) is 0 Å². The molecule has 0 aliphatic carbocycles. The lowest BCUT2D eigenvalue weighted by Crippen LogP contribution is -2.00. The topological polar surface area (TPSA) is 43.1 Å². The van der Waals surface area contributed by atoms with Gasteiger partial charge in [0.2, 0.25) is 0 Å². The van der Waals surface area contributed by atoms with Crippen molar-refractivity contribution in [2.45, 2.75) is 30.5 Å². The summed E-state index contributed by atoms with van der Waals surface area (Å²) in [6.07, 6.45) is 2.42. The van der Waals surface area contributed by atoms with Crippen molar-refractivity contribution in [1.82, 2.24) is 19.6 Å². The maximum atomic E-state index is 5.94. The van der Waals surface area contributed by atoms with Gasteiger partial charge >= 0.3 is 0 Å². The Morgan fingerprint density at radius 2 is 2.05 bits per heavy atom. The zero-order valence-corrected chi connectivity index (χ0v) is 13.4. The first-order valence-corrected chi connectivity index (χ1v) is 8.05. The summed E-state index contributed by atoms with van der Waals surface area (Å²) in [5.41, 5.74) is 2.26. The average molecular weight is 319 g/mol. The highest BCUT2D eigenvalue weighted by Crippen LogP contribution is 2.35. The summed E-state index contributed by atoms with van der Waals surface area (Å²) in [6, 6.07) is 10.0. The Morgan fingerprint density at radius 1 is 1.29 bits per heavy atom. The molecule has 6 heteroatoms. The molecular formula is C15H15ClN4S. The number of thioether (sulfide) groups is 1. The van der Waals surface area contributed by atoms with E-state index in [1.165, 1.54) is 5.56 Å². The van der Waals surface area contributed by atoms with E-state index in [1.807, 2.05) is 12.1 Å². The largest absolute Gasteiger partial charge is 0.253 e. The van der Waals surface area contributed by atoms with Crippen LogP contribution in [-0.4, -0.2) is 19.6 Å². The van der Waals surface area contributed by atoms with Crippen molar-refractivity contribution in [1.29, 1.82) is 0 Å². The lowest BCUT2D eigenvalue weighted by molar-refractivity contribution is 0.819. The molecular weight excluding hydrogens is 304 g/mol. The van der Waals surface area contributed by atoms with Crippen LogP contribution in [-0.2, 0) is 6.42 Å². The molecule has 2 heterocycles. The Balaban J connectivity index is 1.93. The van der Waals surface area contributed by atoms with Crippen LogP contribution in [0.1, 0.15) is 30.4 Å². The monoisotopic (exact) mass is 318 g/mol. The molecule has 21 heavy (non-hydrogen) atoms. The van der Waals surface area contributed by atoms with Crippen molar-refractivity contribution >= 4 is 29.1 Å². The highest BCUT2D eigenvalue weighted by atomic mass is 35.5. The molecule has 108 valence electrons. The van der Waals surface area contributed by atoms with Crippen LogP contribution < -0.4 is 0 Å². The number of aromatic nitrogens is 4. The van der Waals surface area contributed by atoms with Crippen molar-refractivity contribution in [2.75, 3.05) is 0 Å². The second-order valence-electron chi connectivity index (χ2n) is 4.72. The standard InChI is InChI=1S/C15H15ClN4S/c1-3-13-8-14(20-15(19-13)17-9-18-20)21-10(2)11-4-6-12(16)7-5-11/h4-10H,3H2,1-2H3. The van der Waals surface area contributed by atoms with E-state index in [-0.39, 0.29) is 0 Å². The molecule has 0 bridgehead atoms. The Kier molecular flexibility index (Phi) is 4.12. The third-order valence-corrected chi connectivity index (χ3v) is 4.68. The maximum Gasteiger partial charge on any atom is 0.253 e. The summed E-state index contributed by atoms with van der Waals surface area (Å²) < 4.78 is 1.79. The minimum Gasteiger partial charge on any atom is -0.216 e. The molecule has 4 nitrogen and oxygen atoms in total. The number of halogens is 1. The normalized spacial score (nSPS) is 12.7. The number of hydrogen-bond acceptors (Lipinski definition) is 4. The fourth-order valence-electron chi connectivity index (χ4n) is 2.08. The van der Waals surface area contributed by atoms with Gasteiger partial charge in [-0.15, -0.1) is 0 Å². The molecule has 0 spiro atoms. The van der Waals surface area contributed by atoms with Gasteiger partial charge in [-0.05, 0) is 37.1 Å². The van der Waals surface area contributed by atoms with Crippen LogP contribution >= 0.6 is 23.4 Å². The van der Waals surface area contributed by atoms with Gasteiger partial charge in [0, 0.05) is 16.0 Å². The van der Waals surface area contributed by atoms with Crippen LogP contribution in [0.5, 0.6) is 0 Å². The number of benzene rings is 1. The van der Waals surface area contributed by atoms with Gasteiger partial charge in [-0.2, -0.15) is 14.6 Å². The van der Waals surface area contributed by atoms with Crippen LogP contribution in [0.4, 0.5) is 0 Å². The van der Waals surface area contributed by atoms with Crippen molar-refractivity contribution in [3.63, 3.8) is 0 Å². The third kappa shape index (κ3) is 3.04. The minimum atomic E-state index is 0.293. The second-order valence-corrected chi connectivity index (χ2v) is 6.52. The first kappa shape index (κ1) is 14.4. The van der Waals surface area contributed by atoms with E-state index in [0.29, 0.717) is 11.0 Å². The summed E-state index contributed by atoms with van der Waals surface area (Å²) in [4.78, 5) is 8.65. The predicted molar refractivity (Wildman–Crippen MR) is 85.9 cm³/mol. The summed E-state index contributed by atoms with van der Waals surface area (Å²) >= 11 is 7.69. The molecule has 0 fully saturated rings. The van der Waals surface area contributed by atoms with Crippen molar-refractivity contribution in [3.8, 4) is 0 Å². The molecule has 1 unspecified atom stereocenters. The van der Waals surface area contributed by atoms with E-state index in [4.69, 9.17) is 11.6 Å². The minimum absolute atomic E-state index is 0.293. The van der Waals surface area contributed by atoms with Crippen LogP contribution in [0, 0.1) is 0 Å². The van der Waals surface area contributed by atoms with Gasteiger partial charge in [0.25, 0.3) is 5.78 Å². The molecule has 3 rings (SSSR count). The highest BCUT2D eigenvalue weighted by Gasteiger charge is 2.13. The van der Waals surface area contributed by atoms with Crippen molar-refractivity contribution in [2.24, 2.45) is 0 Å². The molecule has 1 aromatic carbocycles. The van der Waals surface area contributed by atoms with E-state index in [9.17, 15) is 0 Å². The fraction of sp³-hybridized carbons (Fsp3) is 0.267. The number of nitrogens with zero attached hydrogens (tertiary/aromatic N) is 4. The fourth-order valence-corrected chi connectivity index (χ4v) is 3.29. The average Bonchev–Trinajstić information content (AvgIpc) is 2.96. The number of fused-ring (bicyclic) bond motifs is 1. The van der Waals surface area contributed by atoms with Gasteiger partial charge in [-0.3, -0.25) is 0 Å². The van der Waals surface area contributed by atoms with E-state index >= 15 is 0 Å². The van der Waals surface area contributed by atoms with Gasteiger partial charge in [0.05, 0.1) is 0 Å². The first-order valence-electron chi connectivity index (χ1n) is 6.79. The van der Waals surface area contributed by atoms with E-state index in [1.54, 1.807) is 22.6 Å². The van der Waals surface area contributed by atoms with Gasteiger partial charge in [-0.1, -0.05) is 42.4 Å². The molecule has 1 atom stereocenters. The summed E-state index contributed by atoms with van der Waals surface area (Å²) in [7, 11) is 0. The molecule has 0 amide bonds. The highest BCUT2D eigenvalue weighted by molar-refractivity contribution is 7.99. The van der Waals surface area contributed by atoms with Crippen LogP contribution in [0.2, 0.25) is 5.02 Å². The first-order chi connectivity index (χ1) is 10.2. The molecule has 0 aliphatic rings. The predicted octanol–water partition coefficient (Wildman–Crippen LogP) is 4.19. The number of aryl methyl sites for hydroxylation is 1. The van der Waals surface area contributed by atoms with Gasteiger partial charge < -0.3 is 0 Å². The Hall–Kier alpha value is -1.59. The summed E-state index contributed by atoms with van der Waals surface area (Å²) in [5, 5.41) is 6.36. The molecule has 0 N–H and O–H groups in total. The maximum absolute atomic E-state index is 5.94. The number of rotatable bonds is 4. The van der Waals surface area contributed by atoms with E-state index < -0.39 is 0 Å². The smallest absolute Gasteiger partial charge is 0.216 e. The van der Waals surface area contributed by atoms with Gasteiger partial charge in [-0.25, -0.2) is 4.98 Å². The van der Waals surface area contributed by atoms with Crippen LogP contribution in [0.3, 0.4) is 0 Å². The van der Waals surface area contributed by atoms with Crippen molar-refractivity contribution < 1.29 is 0 Å². The van der Waals surface area contributed by atoms with Crippen molar-refractivity contribution in [3.05, 3.63) is 52.9 Å².